The van der Waals surface area contributed by atoms with E-state index in [0.29, 0.717) is 0 Å². The summed E-state index contributed by atoms with van der Waals surface area (Å²) >= 11 is 0. The Labute approximate surface area is 290 Å². The van der Waals surface area contributed by atoms with Crippen LogP contribution in [0, 0.1) is 0 Å². The summed E-state index contributed by atoms with van der Waals surface area (Å²) in [6, 6.07) is 70.4. The molecule has 0 N–H and O–H groups in total. The predicted octanol–water partition coefficient (Wildman–Crippen LogP) is 12.9. The highest BCUT2D eigenvalue weighted by molar-refractivity contribution is 6.19. The van der Waals surface area contributed by atoms with Crippen molar-refractivity contribution in [2.24, 2.45) is 0 Å². The largest absolute Gasteiger partial charge is 0.309 e. The highest BCUT2D eigenvalue weighted by atomic mass is 15.0. The molecule has 0 unspecified atom stereocenters. The number of hydrogen-bond donors (Lipinski definition) is 0. The molecule has 50 heavy (non-hydrogen) atoms. The Hall–Kier alpha value is -6.64. The van der Waals surface area contributed by atoms with Gasteiger partial charge in [0.2, 0.25) is 0 Å². The summed E-state index contributed by atoms with van der Waals surface area (Å²) in [7, 11) is 0. The Morgan fingerprint density at radius 1 is 0.260 bits per heavy atom. The molecule has 2 aromatic heterocycles. The topological polar surface area (TPSA) is 9.86 Å². The third kappa shape index (κ3) is 4.50. The van der Waals surface area contributed by atoms with Gasteiger partial charge in [-0.15, -0.1) is 0 Å². The summed E-state index contributed by atoms with van der Waals surface area (Å²) in [6.45, 7) is 0. The van der Waals surface area contributed by atoms with Crippen LogP contribution in [0.5, 0.6) is 0 Å². The summed E-state index contributed by atoms with van der Waals surface area (Å²) in [5.74, 6) is 0. The van der Waals surface area contributed by atoms with E-state index in [0.717, 1.165) is 5.69 Å². The van der Waals surface area contributed by atoms with Crippen molar-refractivity contribution < 1.29 is 0 Å². The number of hydrogen-bond acceptors (Lipinski definition) is 0. The summed E-state index contributed by atoms with van der Waals surface area (Å²) in [5.41, 5.74) is 14.4. The van der Waals surface area contributed by atoms with Crippen LogP contribution in [0.25, 0.3) is 88.4 Å². The van der Waals surface area contributed by atoms with Crippen LogP contribution in [0.3, 0.4) is 0 Å². The lowest BCUT2D eigenvalue weighted by Gasteiger charge is -2.15. The first-order valence-electron chi connectivity index (χ1n) is 17.2. The lowest BCUT2D eigenvalue weighted by atomic mass is 9.99. The Morgan fingerprint density at radius 2 is 0.700 bits per heavy atom. The normalized spacial score (nSPS) is 11.6. The highest BCUT2D eigenvalue weighted by Gasteiger charge is 2.20. The van der Waals surface area contributed by atoms with E-state index in [9.17, 15) is 0 Å². The van der Waals surface area contributed by atoms with Crippen LogP contribution >= 0.6 is 0 Å². The average molecular weight is 637 g/mol. The summed E-state index contributed by atoms with van der Waals surface area (Å²) in [6.07, 6.45) is 0. The van der Waals surface area contributed by atoms with Gasteiger partial charge in [-0.25, -0.2) is 0 Å². The van der Waals surface area contributed by atoms with Crippen LogP contribution in [0.1, 0.15) is 0 Å². The Kier molecular flexibility index (Phi) is 6.53. The molecule has 10 aromatic rings. The molecule has 0 saturated heterocycles. The molecule has 2 heteroatoms. The van der Waals surface area contributed by atoms with Gasteiger partial charge >= 0.3 is 0 Å². The molecule has 234 valence electrons. The predicted molar refractivity (Wildman–Crippen MR) is 211 cm³/mol. The van der Waals surface area contributed by atoms with Crippen LogP contribution in [0.2, 0.25) is 0 Å². The molecule has 2 nitrogen and oxygen atoms in total. The van der Waals surface area contributed by atoms with Crippen molar-refractivity contribution in [3.63, 3.8) is 0 Å². The number of nitrogens with zero attached hydrogens (tertiary/aromatic N) is 2. The molecule has 0 saturated carbocycles. The second-order valence-corrected chi connectivity index (χ2v) is 13.0. The van der Waals surface area contributed by atoms with Gasteiger partial charge in [0, 0.05) is 32.8 Å². The molecule has 2 heterocycles. The molecule has 10 rings (SSSR count). The van der Waals surface area contributed by atoms with Crippen molar-refractivity contribution in [3.05, 3.63) is 194 Å². The van der Waals surface area contributed by atoms with Crippen molar-refractivity contribution in [1.82, 2.24) is 9.13 Å². The van der Waals surface area contributed by atoms with E-state index in [2.05, 4.69) is 203 Å². The molecule has 0 radical (unpaired) electrons. The minimum Gasteiger partial charge on any atom is -0.309 e. The van der Waals surface area contributed by atoms with Gasteiger partial charge in [0.15, 0.2) is 0 Å². The fourth-order valence-corrected chi connectivity index (χ4v) is 7.79. The lowest BCUT2D eigenvalue weighted by molar-refractivity contribution is 1.17. The molecular formula is C48H32N2. The number of benzene rings is 8. The fourth-order valence-electron chi connectivity index (χ4n) is 7.79. The van der Waals surface area contributed by atoms with Crippen LogP contribution < -0.4 is 0 Å². The van der Waals surface area contributed by atoms with E-state index in [4.69, 9.17) is 0 Å². The molecular weight excluding hydrogens is 605 g/mol. The first kappa shape index (κ1) is 28.4. The number of para-hydroxylation sites is 3. The zero-order valence-corrected chi connectivity index (χ0v) is 27.4. The minimum atomic E-state index is 1.15. The van der Waals surface area contributed by atoms with E-state index in [1.54, 1.807) is 0 Å². The maximum atomic E-state index is 2.46. The SMILES string of the molecule is c1ccc(-c2ccc(-c3ccccc3-n3c4ccccc4c4cc5c6ccccc6n(-c6ccc(-c7ccccc7)cc6)c5cc43)cc2)cc1. The zero-order valence-electron chi connectivity index (χ0n) is 27.4. The Balaban J connectivity index is 1.21. The molecule has 0 aliphatic carbocycles. The van der Waals surface area contributed by atoms with Crippen molar-refractivity contribution >= 4 is 43.6 Å². The molecule has 0 aliphatic heterocycles. The molecule has 0 amide bonds. The molecule has 0 bridgehead atoms. The first-order chi connectivity index (χ1) is 24.8. The van der Waals surface area contributed by atoms with Crippen molar-refractivity contribution in [2.75, 3.05) is 0 Å². The summed E-state index contributed by atoms with van der Waals surface area (Å²) in [5, 5.41) is 5.02. The van der Waals surface area contributed by atoms with Gasteiger partial charge in [-0.3, -0.25) is 0 Å². The van der Waals surface area contributed by atoms with Crippen LogP contribution in [-0.2, 0) is 0 Å². The molecule has 0 atom stereocenters. The summed E-state index contributed by atoms with van der Waals surface area (Å²) in [4.78, 5) is 0. The van der Waals surface area contributed by atoms with Crippen molar-refractivity contribution in [3.8, 4) is 44.8 Å². The Bertz CT molecular complexity index is 2820. The van der Waals surface area contributed by atoms with Gasteiger partial charge in [0.1, 0.15) is 0 Å². The second kappa shape index (κ2) is 11.5. The molecule has 0 aliphatic rings. The standard InChI is InChI=1S/C48H32N2/c1-3-13-33(14-4-1)35-23-25-37(26-24-35)39-17-7-10-20-44(39)50-46-22-12-9-19-41(46)43-31-42-40-18-8-11-21-45(40)49(47(42)32-48(43)50)38-29-27-36(28-30-38)34-15-5-2-6-16-34/h1-32H. The van der Waals surface area contributed by atoms with E-state index >= 15 is 0 Å². The number of fused-ring (bicyclic) bond motifs is 6. The van der Waals surface area contributed by atoms with Gasteiger partial charge in [-0.1, -0.05) is 152 Å². The smallest absolute Gasteiger partial charge is 0.0562 e. The maximum Gasteiger partial charge on any atom is 0.0562 e. The van der Waals surface area contributed by atoms with Crippen LogP contribution in [0.4, 0.5) is 0 Å². The fraction of sp³-hybridized carbons (Fsp3) is 0. The van der Waals surface area contributed by atoms with Gasteiger partial charge < -0.3 is 9.13 Å². The van der Waals surface area contributed by atoms with E-state index in [-0.39, 0.29) is 0 Å². The minimum absolute atomic E-state index is 1.15. The van der Waals surface area contributed by atoms with Crippen molar-refractivity contribution in [2.45, 2.75) is 0 Å². The third-order valence-electron chi connectivity index (χ3n) is 10.1. The molecule has 8 aromatic carbocycles. The molecule has 0 spiro atoms. The highest BCUT2D eigenvalue weighted by Crippen LogP contribution is 2.41. The van der Waals surface area contributed by atoms with Crippen LogP contribution in [-0.4, -0.2) is 9.13 Å². The van der Waals surface area contributed by atoms with Gasteiger partial charge in [0.05, 0.1) is 27.8 Å². The number of aromatic nitrogens is 2. The van der Waals surface area contributed by atoms with E-state index < -0.39 is 0 Å². The lowest BCUT2D eigenvalue weighted by Crippen LogP contribution is -1.98. The van der Waals surface area contributed by atoms with Crippen LogP contribution in [0.15, 0.2) is 194 Å². The maximum absolute atomic E-state index is 2.46. The van der Waals surface area contributed by atoms with E-state index in [1.165, 1.54) is 82.7 Å². The third-order valence-corrected chi connectivity index (χ3v) is 10.1. The zero-order chi connectivity index (χ0) is 33.0. The number of rotatable bonds is 5. The summed E-state index contributed by atoms with van der Waals surface area (Å²) < 4.78 is 4.89. The monoisotopic (exact) mass is 636 g/mol. The quantitative estimate of drug-likeness (QED) is 0.178. The van der Waals surface area contributed by atoms with Gasteiger partial charge in [-0.2, -0.15) is 0 Å². The Morgan fingerprint density at radius 3 is 1.32 bits per heavy atom. The first-order valence-corrected chi connectivity index (χ1v) is 17.2. The van der Waals surface area contributed by atoms with E-state index in [1.807, 2.05) is 0 Å². The van der Waals surface area contributed by atoms with Crippen molar-refractivity contribution in [1.29, 1.82) is 0 Å². The average Bonchev–Trinajstić information content (AvgIpc) is 3.70. The van der Waals surface area contributed by atoms with Gasteiger partial charge in [0.25, 0.3) is 0 Å². The van der Waals surface area contributed by atoms with Gasteiger partial charge in [-0.05, 0) is 70.3 Å². The molecule has 0 fully saturated rings. The second-order valence-electron chi connectivity index (χ2n) is 13.0.